The fraction of sp³-hybridized carbons (Fsp3) is 0.0769. The maximum absolute atomic E-state index is 11.3. The van der Waals surface area contributed by atoms with E-state index in [2.05, 4.69) is 22.1 Å². The van der Waals surface area contributed by atoms with Gasteiger partial charge in [-0.05, 0) is 23.8 Å². The van der Waals surface area contributed by atoms with Gasteiger partial charge in [0.15, 0.2) is 0 Å². The summed E-state index contributed by atoms with van der Waals surface area (Å²) >= 11 is 0. The van der Waals surface area contributed by atoms with E-state index in [1.807, 2.05) is 30.3 Å². The molecule has 4 heteroatoms. The van der Waals surface area contributed by atoms with Crippen molar-refractivity contribution < 1.29 is 4.79 Å². The van der Waals surface area contributed by atoms with Gasteiger partial charge < -0.3 is 5.32 Å². The van der Waals surface area contributed by atoms with Crippen molar-refractivity contribution in [3.63, 3.8) is 0 Å². The predicted octanol–water partition coefficient (Wildman–Crippen LogP) is 2.59. The molecule has 0 bridgehead atoms. The maximum atomic E-state index is 11.3. The number of hydrogen-bond donors (Lipinski definition) is 2. The Morgan fingerprint density at radius 2 is 2.12 bits per heavy atom. The third kappa shape index (κ3) is 2.81. The largest absolute Gasteiger partial charge is 0.326 e. The number of hydrogen-bond acceptors (Lipinski definition) is 2. The molecule has 1 aromatic carbocycles. The minimum absolute atomic E-state index is 0.0608. The first-order valence-corrected chi connectivity index (χ1v) is 5.30. The van der Waals surface area contributed by atoms with Gasteiger partial charge in [-0.15, -0.1) is 6.58 Å². The molecule has 86 valence electrons. The molecule has 0 radical (unpaired) electrons. The van der Waals surface area contributed by atoms with Crippen LogP contribution in [-0.4, -0.2) is 16.1 Å². The quantitative estimate of drug-likeness (QED) is 0.789. The molecule has 17 heavy (non-hydrogen) atoms. The summed E-state index contributed by atoms with van der Waals surface area (Å²) in [6.45, 7) is 3.52. The molecule has 0 saturated heterocycles. The second-order valence-electron chi connectivity index (χ2n) is 3.59. The molecule has 1 amide bonds. The number of nitrogens with zero attached hydrogens (tertiary/aromatic N) is 1. The Morgan fingerprint density at radius 1 is 1.35 bits per heavy atom. The lowest BCUT2D eigenvalue weighted by Gasteiger charge is -2.04. The molecule has 0 aliphatic rings. The molecule has 0 spiro atoms. The number of rotatable bonds is 4. The van der Waals surface area contributed by atoms with Gasteiger partial charge in [-0.25, -0.2) is 0 Å². The van der Waals surface area contributed by atoms with Crippen molar-refractivity contribution in [3.05, 3.63) is 49.2 Å². The van der Waals surface area contributed by atoms with Crippen LogP contribution in [0, 0.1) is 0 Å². The minimum atomic E-state index is -0.0608. The smallest absolute Gasteiger partial charge is 0.228 e. The topological polar surface area (TPSA) is 57.8 Å². The zero-order chi connectivity index (χ0) is 12.1. The van der Waals surface area contributed by atoms with Crippen LogP contribution in [0.3, 0.4) is 0 Å². The zero-order valence-corrected chi connectivity index (χ0v) is 9.31. The van der Waals surface area contributed by atoms with Crippen LogP contribution in [0.2, 0.25) is 0 Å². The highest BCUT2D eigenvalue weighted by atomic mass is 16.1. The van der Waals surface area contributed by atoms with E-state index in [9.17, 15) is 4.79 Å². The lowest BCUT2D eigenvalue weighted by atomic mass is 10.1. The number of carbonyl (C=O) groups excluding carboxylic acids is 1. The molecule has 2 aromatic rings. The molecule has 1 aromatic heterocycles. The summed E-state index contributed by atoms with van der Waals surface area (Å²) in [7, 11) is 0. The summed E-state index contributed by atoms with van der Waals surface area (Å²) in [4.78, 5) is 11.3. The van der Waals surface area contributed by atoms with E-state index in [-0.39, 0.29) is 5.91 Å². The van der Waals surface area contributed by atoms with Crippen molar-refractivity contribution in [1.82, 2.24) is 10.2 Å². The lowest BCUT2D eigenvalue weighted by Crippen LogP contribution is -2.09. The standard InChI is InChI=1S/C13H13N3O/c1-2-3-13(17)15-11-6-4-10(5-7-11)12-8-9-14-16-12/h2,4-9H,1,3H2,(H,14,16)(H,15,17). The molecule has 2 rings (SSSR count). The fourth-order valence-corrected chi connectivity index (χ4v) is 1.49. The number of H-pyrrole nitrogens is 1. The molecule has 0 saturated carbocycles. The first-order chi connectivity index (χ1) is 8.29. The number of nitrogens with one attached hydrogen (secondary N) is 2. The summed E-state index contributed by atoms with van der Waals surface area (Å²) in [5.41, 5.74) is 2.76. The number of anilines is 1. The van der Waals surface area contributed by atoms with Crippen LogP contribution in [0.4, 0.5) is 5.69 Å². The summed E-state index contributed by atoms with van der Waals surface area (Å²) in [5, 5.41) is 9.55. The Kier molecular flexibility index (Phi) is 3.35. The summed E-state index contributed by atoms with van der Waals surface area (Å²) < 4.78 is 0. The molecule has 0 aliphatic heterocycles. The first-order valence-electron chi connectivity index (χ1n) is 5.30. The van der Waals surface area contributed by atoms with E-state index < -0.39 is 0 Å². The van der Waals surface area contributed by atoms with Gasteiger partial charge in [0.2, 0.25) is 5.91 Å². The Morgan fingerprint density at radius 3 is 2.71 bits per heavy atom. The maximum Gasteiger partial charge on any atom is 0.228 e. The predicted molar refractivity (Wildman–Crippen MR) is 67.5 cm³/mol. The molecule has 2 N–H and O–H groups in total. The Bertz CT molecular complexity index is 500. The van der Waals surface area contributed by atoms with E-state index in [1.165, 1.54) is 0 Å². The van der Waals surface area contributed by atoms with Gasteiger partial charge in [-0.2, -0.15) is 5.10 Å². The van der Waals surface area contributed by atoms with Crippen molar-refractivity contribution in [2.24, 2.45) is 0 Å². The van der Waals surface area contributed by atoms with E-state index in [4.69, 9.17) is 0 Å². The molecular weight excluding hydrogens is 214 g/mol. The van der Waals surface area contributed by atoms with Gasteiger partial charge >= 0.3 is 0 Å². The number of carbonyl (C=O) groups is 1. The van der Waals surface area contributed by atoms with Crippen molar-refractivity contribution in [1.29, 1.82) is 0 Å². The van der Waals surface area contributed by atoms with Gasteiger partial charge in [0.25, 0.3) is 0 Å². The normalized spacial score (nSPS) is 9.88. The molecule has 1 heterocycles. The van der Waals surface area contributed by atoms with Crippen LogP contribution < -0.4 is 5.32 Å². The molecule has 0 unspecified atom stereocenters. The lowest BCUT2D eigenvalue weighted by molar-refractivity contribution is -0.115. The van der Waals surface area contributed by atoms with Crippen LogP contribution in [-0.2, 0) is 4.79 Å². The monoisotopic (exact) mass is 227 g/mol. The van der Waals surface area contributed by atoms with Gasteiger partial charge in [-0.1, -0.05) is 18.2 Å². The van der Waals surface area contributed by atoms with E-state index in [0.29, 0.717) is 6.42 Å². The van der Waals surface area contributed by atoms with Gasteiger partial charge in [0.05, 0.1) is 5.69 Å². The molecule has 0 fully saturated rings. The van der Waals surface area contributed by atoms with E-state index in [1.54, 1.807) is 12.3 Å². The van der Waals surface area contributed by atoms with Crippen molar-refractivity contribution >= 4 is 11.6 Å². The average molecular weight is 227 g/mol. The third-order valence-electron chi connectivity index (χ3n) is 2.31. The summed E-state index contributed by atoms with van der Waals surface area (Å²) in [6, 6.07) is 9.47. The highest BCUT2D eigenvalue weighted by Crippen LogP contribution is 2.18. The SMILES string of the molecule is C=CCC(=O)Nc1ccc(-c2ccn[nH]2)cc1. The van der Waals surface area contributed by atoms with Crippen LogP contribution in [0.5, 0.6) is 0 Å². The third-order valence-corrected chi connectivity index (χ3v) is 2.31. The van der Waals surface area contributed by atoms with Crippen LogP contribution in [0.15, 0.2) is 49.2 Å². The summed E-state index contributed by atoms with van der Waals surface area (Å²) in [6.07, 6.45) is 3.60. The Balaban J connectivity index is 2.08. The second-order valence-corrected chi connectivity index (χ2v) is 3.59. The number of aromatic nitrogens is 2. The Labute approximate surface area is 99.4 Å². The van der Waals surface area contributed by atoms with Crippen molar-refractivity contribution in [3.8, 4) is 11.3 Å². The molecule has 0 aliphatic carbocycles. The van der Waals surface area contributed by atoms with E-state index in [0.717, 1.165) is 16.9 Å². The number of benzene rings is 1. The Hall–Kier alpha value is -2.36. The molecular formula is C13H13N3O. The molecule has 4 nitrogen and oxygen atoms in total. The minimum Gasteiger partial charge on any atom is -0.326 e. The first kappa shape index (κ1) is 11.1. The van der Waals surface area contributed by atoms with Crippen molar-refractivity contribution in [2.45, 2.75) is 6.42 Å². The highest BCUT2D eigenvalue weighted by Gasteiger charge is 2.01. The number of aromatic amines is 1. The van der Waals surface area contributed by atoms with Crippen LogP contribution in [0.25, 0.3) is 11.3 Å². The molecule has 0 atom stereocenters. The van der Waals surface area contributed by atoms with E-state index >= 15 is 0 Å². The second kappa shape index (κ2) is 5.12. The van der Waals surface area contributed by atoms with Gasteiger partial charge in [-0.3, -0.25) is 9.89 Å². The van der Waals surface area contributed by atoms with Crippen LogP contribution >= 0.6 is 0 Å². The fourth-order valence-electron chi connectivity index (χ4n) is 1.49. The zero-order valence-electron chi connectivity index (χ0n) is 9.31. The average Bonchev–Trinajstić information content (AvgIpc) is 2.84. The van der Waals surface area contributed by atoms with Crippen molar-refractivity contribution in [2.75, 3.05) is 5.32 Å². The summed E-state index contributed by atoms with van der Waals surface area (Å²) in [5.74, 6) is -0.0608. The van der Waals surface area contributed by atoms with Gasteiger partial charge in [0.1, 0.15) is 0 Å². The van der Waals surface area contributed by atoms with Gasteiger partial charge in [0, 0.05) is 18.3 Å². The number of amides is 1. The van der Waals surface area contributed by atoms with Crippen LogP contribution in [0.1, 0.15) is 6.42 Å². The highest BCUT2D eigenvalue weighted by molar-refractivity contribution is 5.91.